The zero-order valence-electron chi connectivity index (χ0n) is 16.8. The summed E-state index contributed by atoms with van der Waals surface area (Å²) in [7, 11) is 0. The Bertz CT molecular complexity index is 1240. The van der Waals surface area contributed by atoms with Gasteiger partial charge in [0, 0.05) is 18.5 Å². The van der Waals surface area contributed by atoms with Crippen molar-refractivity contribution in [1.29, 1.82) is 0 Å². The Kier molecular flexibility index (Phi) is 5.01. The molecule has 152 valence electrons. The van der Waals surface area contributed by atoms with Crippen LogP contribution in [0.4, 0.5) is 5.82 Å². The molecule has 9 nitrogen and oxygen atoms in total. The molecule has 3 aromatic heterocycles. The predicted octanol–water partition coefficient (Wildman–Crippen LogP) is 2.64. The second-order valence-corrected chi connectivity index (χ2v) is 6.89. The lowest BCUT2D eigenvalue weighted by Crippen LogP contribution is -2.22. The highest BCUT2D eigenvalue weighted by Gasteiger charge is 2.21. The van der Waals surface area contributed by atoms with Gasteiger partial charge in [-0.05, 0) is 39.0 Å². The van der Waals surface area contributed by atoms with Gasteiger partial charge >= 0.3 is 5.97 Å². The van der Waals surface area contributed by atoms with E-state index < -0.39 is 18.5 Å². The zero-order chi connectivity index (χ0) is 21.3. The number of benzene rings is 1. The number of nitrogens with one attached hydrogen (secondary N) is 1. The van der Waals surface area contributed by atoms with Crippen LogP contribution in [0.3, 0.4) is 0 Å². The molecule has 4 aromatic rings. The van der Waals surface area contributed by atoms with Crippen molar-refractivity contribution in [3.63, 3.8) is 0 Å². The molecule has 1 amide bonds. The molecular weight excluding hydrogens is 384 g/mol. The molecule has 0 bridgehead atoms. The van der Waals surface area contributed by atoms with Crippen LogP contribution in [0.15, 0.2) is 48.8 Å². The molecule has 0 saturated carbocycles. The fourth-order valence-electron chi connectivity index (χ4n) is 3.09. The van der Waals surface area contributed by atoms with Crippen molar-refractivity contribution in [3.8, 4) is 5.69 Å². The van der Waals surface area contributed by atoms with Crippen molar-refractivity contribution in [2.75, 3.05) is 11.9 Å². The highest BCUT2D eigenvalue weighted by Crippen LogP contribution is 2.18. The van der Waals surface area contributed by atoms with Crippen LogP contribution in [-0.2, 0) is 9.53 Å². The minimum Gasteiger partial charge on any atom is -0.452 e. The molecule has 1 N–H and O–H groups in total. The van der Waals surface area contributed by atoms with E-state index >= 15 is 0 Å². The van der Waals surface area contributed by atoms with Crippen LogP contribution in [0.1, 0.15) is 27.3 Å². The van der Waals surface area contributed by atoms with Crippen molar-refractivity contribution in [3.05, 3.63) is 71.3 Å². The van der Waals surface area contributed by atoms with E-state index in [1.165, 1.54) is 4.52 Å². The molecule has 0 fully saturated rings. The molecule has 0 aliphatic heterocycles. The van der Waals surface area contributed by atoms with Crippen molar-refractivity contribution in [2.24, 2.45) is 0 Å². The maximum Gasteiger partial charge on any atom is 0.344 e. The van der Waals surface area contributed by atoms with Crippen LogP contribution >= 0.6 is 0 Å². The summed E-state index contributed by atoms with van der Waals surface area (Å²) in [6.45, 7) is 5.08. The van der Waals surface area contributed by atoms with E-state index in [9.17, 15) is 9.59 Å². The highest BCUT2D eigenvalue weighted by molar-refractivity contribution is 5.99. The fourth-order valence-corrected chi connectivity index (χ4v) is 3.09. The number of nitrogens with zero attached hydrogens (tertiary/aromatic N) is 5. The standard InChI is InChI=1S/C21H20N6O3/c1-13-5-7-16(8-6-13)27-17(11-14(2)24-27)23-18(28)12-30-21(29)19-15(3)25-26-10-4-9-22-20(19)26/h4-11H,12H2,1-3H3,(H,23,28). The SMILES string of the molecule is Cc1ccc(-n2nc(C)cc2NC(=O)COC(=O)c2c(C)nn3cccnc23)cc1. The van der Waals surface area contributed by atoms with Gasteiger partial charge in [0.25, 0.3) is 5.91 Å². The summed E-state index contributed by atoms with van der Waals surface area (Å²) in [5.41, 5.74) is 3.78. The van der Waals surface area contributed by atoms with E-state index in [-0.39, 0.29) is 5.56 Å². The van der Waals surface area contributed by atoms with Crippen molar-refractivity contribution in [1.82, 2.24) is 24.4 Å². The average molecular weight is 404 g/mol. The summed E-state index contributed by atoms with van der Waals surface area (Å²) in [6.07, 6.45) is 3.25. The third-order valence-corrected chi connectivity index (χ3v) is 4.49. The van der Waals surface area contributed by atoms with Gasteiger partial charge in [-0.2, -0.15) is 10.2 Å². The molecule has 0 atom stereocenters. The number of anilines is 1. The summed E-state index contributed by atoms with van der Waals surface area (Å²) >= 11 is 0. The summed E-state index contributed by atoms with van der Waals surface area (Å²) in [4.78, 5) is 29.1. The monoisotopic (exact) mass is 404 g/mol. The largest absolute Gasteiger partial charge is 0.452 e. The van der Waals surface area contributed by atoms with E-state index in [4.69, 9.17) is 4.74 Å². The Morgan fingerprint density at radius 1 is 1.10 bits per heavy atom. The zero-order valence-corrected chi connectivity index (χ0v) is 16.8. The normalized spacial score (nSPS) is 10.9. The van der Waals surface area contributed by atoms with Gasteiger partial charge < -0.3 is 10.1 Å². The van der Waals surface area contributed by atoms with Gasteiger partial charge in [0.05, 0.1) is 17.1 Å². The first-order valence-corrected chi connectivity index (χ1v) is 9.33. The number of aryl methyl sites for hydroxylation is 3. The number of hydrogen-bond donors (Lipinski definition) is 1. The first-order valence-electron chi connectivity index (χ1n) is 9.33. The lowest BCUT2D eigenvalue weighted by Gasteiger charge is -2.09. The van der Waals surface area contributed by atoms with Gasteiger partial charge in [-0.3, -0.25) is 4.79 Å². The predicted molar refractivity (Wildman–Crippen MR) is 110 cm³/mol. The second kappa shape index (κ2) is 7.78. The molecule has 3 heterocycles. The lowest BCUT2D eigenvalue weighted by molar-refractivity contribution is -0.119. The highest BCUT2D eigenvalue weighted by atomic mass is 16.5. The van der Waals surface area contributed by atoms with Gasteiger partial charge in [-0.1, -0.05) is 17.7 Å². The molecule has 0 radical (unpaired) electrons. The summed E-state index contributed by atoms with van der Waals surface area (Å²) in [5, 5.41) is 11.4. The topological polar surface area (TPSA) is 103 Å². The van der Waals surface area contributed by atoms with E-state index in [1.807, 2.05) is 38.1 Å². The van der Waals surface area contributed by atoms with E-state index in [0.717, 1.165) is 16.9 Å². The number of hydrogen-bond acceptors (Lipinski definition) is 6. The smallest absolute Gasteiger partial charge is 0.344 e. The molecule has 1 aromatic carbocycles. The number of rotatable bonds is 5. The maximum atomic E-state index is 12.5. The van der Waals surface area contributed by atoms with Crippen molar-refractivity contribution < 1.29 is 14.3 Å². The van der Waals surface area contributed by atoms with Crippen LogP contribution in [-0.4, -0.2) is 42.9 Å². The molecule has 0 spiro atoms. The van der Waals surface area contributed by atoms with E-state index in [1.54, 1.807) is 36.1 Å². The number of aromatic nitrogens is 5. The Balaban J connectivity index is 1.46. The van der Waals surface area contributed by atoms with Crippen molar-refractivity contribution in [2.45, 2.75) is 20.8 Å². The average Bonchev–Trinajstić information content (AvgIpc) is 3.25. The number of amides is 1. The number of fused-ring (bicyclic) bond motifs is 1. The fraction of sp³-hybridized carbons (Fsp3) is 0.190. The van der Waals surface area contributed by atoms with Gasteiger partial charge in [0.2, 0.25) is 0 Å². The third-order valence-electron chi connectivity index (χ3n) is 4.49. The second-order valence-electron chi connectivity index (χ2n) is 6.89. The third kappa shape index (κ3) is 3.77. The van der Waals surface area contributed by atoms with Gasteiger partial charge in [0.1, 0.15) is 11.4 Å². The molecule has 9 heteroatoms. The Morgan fingerprint density at radius 3 is 2.63 bits per heavy atom. The van der Waals surface area contributed by atoms with E-state index in [0.29, 0.717) is 17.2 Å². The van der Waals surface area contributed by atoms with Gasteiger partial charge in [-0.15, -0.1) is 0 Å². The molecule has 0 saturated heterocycles. The number of ether oxygens (including phenoxy) is 1. The maximum absolute atomic E-state index is 12.5. The summed E-state index contributed by atoms with van der Waals surface area (Å²) < 4.78 is 8.33. The number of carbonyl (C=O) groups is 2. The van der Waals surface area contributed by atoms with Gasteiger partial charge in [0.15, 0.2) is 12.3 Å². The Morgan fingerprint density at radius 2 is 1.87 bits per heavy atom. The van der Waals surface area contributed by atoms with Crippen LogP contribution in [0.5, 0.6) is 0 Å². The van der Waals surface area contributed by atoms with Crippen LogP contribution in [0.2, 0.25) is 0 Å². The molecule has 4 rings (SSSR count). The molecule has 30 heavy (non-hydrogen) atoms. The quantitative estimate of drug-likeness (QED) is 0.513. The minimum atomic E-state index is -0.653. The lowest BCUT2D eigenvalue weighted by atomic mass is 10.2. The molecule has 0 aliphatic rings. The molecular formula is C21H20N6O3. The van der Waals surface area contributed by atoms with Crippen molar-refractivity contribution >= 4 is 23.3 Å². The Hall–Kier alpha value is -4.01. The van der Waals surface area contributed by atoms with Crippen LogP contribution < -0.4 is 5.32 Å². The first kappa shape index (κ1) is 19.3. The van der Waals surface area contributed by atoms with Gasteiger partial charge in [-0.25, -0.2) is 19.0 Å². The first-order chi connectivity index (χ1) is 14.4. The van der Waals surface area contributed by atoms with Crippen LogP contribution in [0.25, 0.3) is 11.3 Å². The molecule has 0 unspecified atom stereocenters. The van der Waals surface area contributed by atoms with E-state index in [2.05, 4.69) is 20.5 Å². The Labute approximate surface area is 172 Å². The molecule has 0 aliphatic carbocycles. The van der Waals surface area contributed by atoms with Crippen LogP contribution in [0, 0.1) is 20.8 Å². The summed E-state index contributed by atoms with van der Waals surface area (Å²) in [6, 6.07) is 11.2. The minimum absolute atomic E-state index is 0.240. The summed E-state index contributed by atoms with van der Waals surface area (Å²) in [5.74, 6) is -0.635. The number of carbonyl (C=O) groups excluding carboxylic acids is 2. The number of esters is 1.